The van der Waals surface area contributed by atoms with Crippen LogP contribution in [0.1, 0.15) is 12.5 Å². The van der Waals surface area contributed by atoms with Gasteiger partial charge < -0.3 is 4.57 Å². The zero-order chi connectivity index (χ0) is 20.1. The maximum absolute atomic E-state index is 12.0. The number of imidazole rings is 1. The molecule has 1 aromatic heterocycles. The number of nitrogens with one attached hydrogen (secondary N) is 1. The van der Waals surface area contributed by atoms with E-state index in [1.807, 2.05) is 35.8 Å². The molecule has 0 aliphatic rings. The molecule has 3 aromatic rings. The zero-order valence-corrected chi connectivity index (χ0v) is 16.4. The van der Waals surface area contributed by atoms with Gasteiger partial charge in [0.25, 0.3) is 11.6 Å². The minimum absolute atomic E-state index is 0.0430. The quantitative estimate of drug-likeness (QED) is 0.272. The van der Waals surface area contributed by atoms with Gasteiger partial charge in [-0.1, -0.05) is 41.6 Å². The number of nitro groups is 1. The maximum atomic E-state index is 12.0. The molecule has 0 radical (unpaired) electrons. The number of amides is 1. The van der Waals surface area contributed by atoms with Gasteiger partial charge in [-0.05, 0) is 25.1 Å². The average Bonchev–Trinajstić information content (AvgIpc) is 3.05. The summed E-state index contributed by atoms with van der Waals surface area (Å²) in [7, 11) is 0. The van der Waals surface area contributed by atoms with Crippen molar-refractivity contribution in [1.82, 2.24) is 15.0 Å². The van der Waals surface area contributed by atoms with Gasteiger partial charge in [-0.2, -0.15) is 5.10 Å². The third-order valence-electron chi connectivity index (χ3n) is 3.84. The second-order valence-corrected chi connectivity index (χ2v) is 7.03. The Morgan fingerprint density at radius 1 is 1.39 bits per heavy atom. The molecule has 0 aliphatic heterocycles. The predicted octanol–water partition coefficient (Wildman–Crippen LogP) is 3.86. The third-order valence-corrected chi connectivity index (χ3v) is 5.13. The van der Waals surface area contributed by atoms with Crippen LogP contribution in [0.5, 0.6) is 0 Å². The molecule has 2 aromatic carbocycles. The van der Waals surface area contributed by atoms with Gasteiger partial charge in [-0.25, -0.2) is 10.4 Å². The summed E-state index contributed by atoms with van der Waals surface area (Å²) in [5, 5.41) is 15.5. The number of hydrazone groups is 1. The van der Waals surface area contributed by atoms with Crippen molar-refractivity contribution in [1.29, 1.82) is 0 Å². The fourth-order valence-corrected chi connectivity index (χ4v) is 3.62. The topological polar surface area (TPSA) is 102 Å². The number of aryl methyl sites for hydroxylation is 1. The number of nitro benzene ring substituents is 1. The van der Waals surface area contributed by atoms with Crippen LogP contribution in [-0.2, 0) is 11.3 Å². The molecule has 0 spiro atoms. The highest BCUT2D eigenvalue weighted by Crippen LogP contribution is 2.25. The lowest BCUT2D eigenvalue weighted by molar-refractivity contribution is -0.384. The molecule has 0 bridgehead atoms. The molecule has 144 valence electrons. The first-order valence-corrected chi connectivity index (χ1v) is 9.70. The van der Waals surface area contributed by atoms with Crippen LogP contribution in [0.25, 0.3) is 11.0 Å². The van der Waals surface area contributed by atoms with E-state index in [1.165, 1.54) is 30.1 Å². The highest BCUT2D eigenvalue weighted by Gasteiger charge is 2.13. The summed E-state index contributed by atoms with van der Waals surface area (Å²) in [6.45, 7) is 2.77. The van der Waals surface area contributed by atoms with Crippen molar-refractivity contribution in [3.05, 3.63) is 63.2 Å². The first kappa shape index (κ1) is 19.8. The normalized spacial score (nSPS) is 11.2. The van der Waals surface area contributed by atoms with Gasteiger partial charge in [-0.3, -0.25) is 14.9 Å². The molecule has 1 heterocycles. The number of benzene rings is 2. The van der Waals surface area contributed by atoms with Crippen LogP contribution < -0.4 is 5.43 Å². The zero-order valence-electron chi connectivity index (χ0n) is 14.8. The Labute approximate surface area is 169 Å². The number of para-hydroxylation sites is 2. The number of aromatic nitrogens is 2. The van der Waals surface area contributed by atoms with Gasteiger partial charge in [0, 0.05) is 18.2 Å². The van der Waals surface area contributed by atoms with Crippen LogP contribution in [0.15, 0.2) is 52.7 Å². The SMILES string of the molecule is CCn1c(SCC(=O)N/N=C\c2ccc(Cl)c([N+](=O)[O-])c2)nc2ccccc21. The standard InChI is InChI=1S/C18H16ClN5O3S/c1-2-23-15-6-4-3-5-14(15)21-18(23)28-11-17(25)22-20-10-12-7-8-13(19)16(9-12)24(26)27/h3-10H,2,11H2,1H3,(H,22,25)/b20-10-. The molecule has 8 nitrogen and oxygen atoms in total. The number of carbonyl (C=O) groups is 1. The van der Waals surface area contributed by atoms with Gasteiger partial charge in [0.2, 0.25) is 0 Å². The molecular weight excluding hydrogens is 402 g/mol. The maximum Gasteiger partial charge on any atom is 0.288 e. The third kappa shape index (κ3) is 4.49. The summed E-state index contributed by atoms with van der Waals surface area (Å²) in [5.74, 6) is -0.166. The molecule has 0 fully saturated rings. The smallest absolute Gasteiger partial charge is 0.288 e. The summed E-state index contributed by atoms with van der Waals surface area (Å²) >= 11 is 7.08. The molecular formula is C18H16ClN5O3S. The van der Waals surface area contributed by atoms with Crippen molar-refractivity contribution >= 4 is 52.2 Å². The Bertz CT molecular complexity index is 1070. The van der Waals surface area contributed by atoms with E-state index in [0.29, 0.717) is 5.56 Å². The molecule has 0 aliphatic carbocycles. The molecule has 28 heavy (non-hydrogen) atoms. The van der Waals surface area contributed by atoms with Crippen molar-refractivity contribution in [2.45, 2.75) is 18.6 Å². The van der Waals surface area contributed by atoms with E-state index in [1.54, 1.807) is 6.07 Å². The monoisotopic (exact) mass is 417 g/mol. The lowest BCUT2D eigenvalue weighted by Gasteiger charge is -2.04. The number of halogens is 1. The Hall–Kier alpha value is -2.91. The first-order chi connectivity index (χ1) is 13.5. The van der Waals surface area contributed by atoms with Crippen LogP contribution in [0, 0.1) is 10.1 Å². The highest BCUT2D eigenvalue weighted by molar-refractivity contribution is 7.99. The lowest BCUT2D eigenvalue weighted by atomic mass is 10.2. The predicted molar refractivity (Wildman–Crippen MR) is 110 cm³/mol. The Kier molecular flexibility index (Phi) is 6.27. The summed E-state index contributed by atoms with van der Waals surface area (Å²) in [6, 6.07) is 12.1. The summed E-state index contributed by atoms with van der Waals surface area (Å²) in [5.41, 5.74) is 4.55. The molecule has 0 atom stereocenters. The van der Waals surface area contributed by atoms with Gasteiger partial charge in [0.1, 0.15) is 5.02 Å². The molecule has 10 heteroatoms. The molecule has 0 saturated heterocycles. The fraction of sp³-hybridized carbons (Fsp3) is 0.167. The summed E-state index contributed by atoms with van der Waals surface area (Å²) in [6.07, 6.45) is 1.33. The van der Waals surface area contributed by atoms with Gasteiger partial charge in [0.15, 0.2) is 5.16 Å². The number of thioether (sulfide) groups is 1. The van der Waals surface area contributed by atoms with E-state index < -0.39 is 4.92 Å². The van der Waals surface area contributed by atoms with E-state index in [0.717, 1.165) is 22.7 Å². The Balaban J connectivity index is 1.60. The van der Waals surface area contributed by atoms with Crippen molar-refractivity contribution in [2.75, 3.05) is 5.75 Å². The Morgan fingerprint density at radius 2 is 2.18 bits per heavy atom. The molecule has 0 unspecified atom stereocenters. The van der Waals surface area contributed by atoms with E-state index in [9.17, 15) is 14.9 Å². The van der Waals surface area contributed by atoms with Gasteiger partial charge in [-0.15, -0.1) is 0 Å². The van der Waals surface area contributed by atoms with Crippen LogP contribution >= 0.6 is 23.4 Å². The molecule has 3 rings (SSSR count). The van der Waals surface area contributed by atoms with E-state index in [-0.39, 0.29) is 22.4 Å². The fourth-order valence-electron chi connectivity index (χ4n) is 2.56. The Morgan fingerprint density at radius 3 is 2.93 bits per heavy atom. The molecule has 1 N–H and O–H groups in total. The van der Waals surface area contributed by atoms with Gasteiger partial charge in [0.05, 0.1) is 27.9 Å². The van der Waals surface area contributed by atoms with Crippen LogP contribution in [0.3, 0.4) is 0 Å². The molecule has 0 saturated carbocycles. The van der Waals surface area contributed by atoms with Crippen molar-refractivity contribution in [2.24, 2.45) is 5.10 Å². The minimum atomic E-state index is -0.575. The second-order valence-electron chi connectivity index (χ2n) is 5.68. The number of carbonyl (C=O) groups excluding carboxylic acids is 1. The summed E-state index contributed by atoms with van der Waals surface area (Å²) < 4.78 is 2.05. The number of nitrogens with zero attached hydrogens (tertiary/aromatic N) is 4. The number of rotatable bonds is 7. The van der Waals surface area contributed by atoms with Crippen LogP contribution in [-0.4, -0.2) is 32.3 Å². The molecule has 1 amide bonds. The number of fused-ring (bicyclic) bond motifs is 1. The van der Waals surface area contributed by atoms with Crippen LogP contribution in [0.4, 0.5) is 5.69 Å². The van der Waals surface area contributed by atoms with E-state index >= 15 is 0 Å². The lowest BCUT2D eigenvalue weighted by Crippen LogP contribution is -2.20. The van der Waals surface area contributed by atoms with Crippen LogP contribution in [0.2, 0.25) is 5.02 Å². The highest BCUT2D eigenvalue weighted by atomic mass is 35.5. The first-order valence-electron chi connectivity index (χ1n) is 8.33. The van der Waals surface area contributed by atoms with Gasteiger partial charge >= 0.3 is 0 Å². The second kappa shape index (κ2) is 8.85. The largest absolute Gasteiger partial charge is 0.319 e. The summed E-state index contributed by atoms with van der Waals surface area (Å²) in [4.78, 5) is 26.9. The number of hydrogen-bond donors (Lipinski definition) is 1. The minimum Gasteiger partial charge on any atom is -0.319 e. The average molecular weight is 418 g/mol. The van der Waals surface area contributed by atoms with E-state index in [4.69, 9.17) is 11.6 Å². The van der Waals surface area contributed by atoms with E-state index in [2.05, 4.69) is 15.5 Å². The van der Waals surface area contributed by atoms with Crippen molar-refractivity contribution in [3.8, 4) is 0 Å². The number of hydrogen-bond acceptors (Lipinski definition) is 6. The van der Waals surface area contributed by atoms with Crippen molar-refractivity contribution < 1.29 is 9.72 Å². The van der Waals surface area contributed by atoms with Crippen molar-refractivity contribution in [3.63, 3.8) is 0 Å².